The van der Waals surface area contributed by atoms with Gasteiger partial charge in [0.25, 0.3) is 0 Å². The van der Waals surface area contributed by atoms with E-state index in [0.717, 1.165) is 12.1 Å². The van der Waals surface area contributed by atoms with Crippen LogP contribution < -0.4 is 15.9 Å². The molecule has 7 heteroatoms. The quantitative estimate of drug-likeness (QED) is 0.569. The van der Waals surface area contributed by atoms with Crippen LogP contribution in [0.15, 0.2) is 12.1 Å². The maximum Gasteiger partial charge on any atom is 2.00 e. The molecular formula is C7H4CuN2O4. The van der Waals surface area contributed by atoms with E-state index in [1.165, 1.54) is 0 Å². The molecule has 14 heavy (non-hydrogen) atoms. The number of nitrogen functional groups attached to an aromatic ring is 1. The van der Waals surface area contributed by atoms with Crippen LogP contribution >= 0.6 is 0 Å². The topological polar surface area (TPSA) is 119 Å². The number of nitrogens with two attached hydrogens (primary N) is 1. The Bertz CT molecular complexity index is 348. The van der Waals surface area contributed by atoms with Crippen molar-refractivity contribution in [3.8, 4) is 0 Å². The molecule has 0 aromatic carbocycles. The number of rotatable bonds is 2. The molecule has 0 spiro atoms. The Morgan fingerprint density at radius 3 is 1.79 bits per heavy atom. The first-order valence-electron chi connectivity index (χ1n) is 3.21. The standard InChI is InChI=1S/C7H6N2O4.Cu/c8-3-1-4(6(10)11)9-5(2-3)7(12)13;/h1-2H,(H2,8,9)(H,10,11)(H,12,13);/q;+2/p-2. The zero-order valence-electron chi connectivity index (χ0n) is 6.61. The number of carbonyl (C=O) groups excluding carboxylic acids is 2. The van der Waals surface area contributed by atoms with Gasteiger partial charge in [-0.15, -0.1) is 0 Å². The Balaban J connectivity index is 0.00000169. The third-order valence-electron chi connectivity index (χ3n) is 1.27. The monoisotopic (exact) mass is 243 g/mol. The first-order valence-corrected chi connectivity index (χ1v) is 3.21. The Morgan fingerprint density at radius 2 is 1.50 bits per heavy atom. The number of hydrogen-bond acceptors (Lipinski definition) is 6. The SMILES string of the molecule is Nc1cc(C(=O)[O-])nc(C(=O)[O-])c1.[Cu+2]. The average Bonchev–Trinajstić information content (AvgIpc) is 2.03. The summed E-state index contributed by atoms with van der Waals surface area (Å²) in [5.41, 5.74) is 4.14. The second kappa shape index (κ2) is 4.59. The van der Waals surface area contributed by atoms with Crippen molar-refractivity contribution in [1.82, 2.24) is 4.98 Å². The van der Waals surface area contributed by atoms with Crippen molar-refractivity contribution in [3.63, 3.8) is 0 Å². The first-order chi connectivity index (χ1) is 6.00. The molecule has 0 aliphatic carbocycles. The van der Waals surface area contributed by atoms with E-state index in [0.29, 0.717) is 0 Å². The van der Waals surface area contributed by atoms with Gasteiger partial charge in [-0.2, -0.15) is 0 Å². The molecule has 2 N–H and O–H groups in total. The van der Waals surface area contributed by atoms with Gasteiger partial charge in [0.2, 0.25) is 0 Å². The van der Waals surface area contributed by atoms with Gasteiger partial charge < -0.3 is 25.5 Å². The summed E-state index contributed by atoms with van der Waals surface area (Å²) >= 11 is 0. The minimum absolute atomic E-state index is 0. The molecule has 0 bridgehead atoms. The molecule has 0 saturated carbocycles. The van der Waals surface area contributed by atoms with Crippen LogP contribution in [-0.2, 0) is 17.1 Å². The largest absolute Gasteiger partial charge is 2.00 e. The number of anilines is 1. The number of hydrogen-bond donors (Lipinski definition) is 1. The Labute approximate surface area is 89.2 Å². The smallest absolute Gasteiger partial charge is 0.543 e. The van der Waals surface area contributed by atoms with E-state index in [4.69, 9.17) is 5.73 Å². The van der Waals surface area contributed by atoms with Crippen molar-refractivity contribution in [3.05, 3.63) is 23.5 Å². The molecule has 1 aromatic heterocycles. The van der Waals surface area contributed by atoms with E-state index < -0.39 is 23.3 Å². The second-order valence-corrected chi connectivity index (χ2v) is 2.25. The molecule has 6 nitrogen and oxygen atoms in total. The minimum atomic E-state index is -1.59. The number of carbonyl (C=O) groups is 2. The van der Waals surface area contributed by atoms with Crippen molar-refractivity contribution in [2.45, 2.75) is 0 Å². The third kappa shape index (κ3) is 2.72. The molecule has 0 fully saturated rings. The fourth-order valence-electron chi connectivity index (χ4n) is 0.761. The fraction of sp³-hybridized carbons (Fsp3) is 0. The van der Waals surface area contributed by atoms with E-state index in [9.17, 15) is 19.8 Å². The summed E-state index contributed by atoms with van der Waals surface area (Å²) in [6.45, 7) is 0. The van der Waals surface area contributed by atoms with E-state index in [1.807, 2.05) is 0 Å². The number of carboxylic acids is 2. The van der Waals surface area contributed by atoms with Crippen molar-refractivity contribution < 1.29 is 36.9 Å². The maximum atomic E-state index is 10.3. The van der Waals surface area contributed by atoms with Gasteiger partial charge in [0.05, 0.1) is 23.3 Å². The zero-order chi connectivity index (χ0) is 10.0. The van der Waals surface area contributed by atoms with Crippen LogP contribution in [0, 0.1) is 0 Å². The van der Waals surface area contributed by atoms with E-state index in [2.05, 4.69) is 4.98 Å². The van der Waals surface area contributed by atoms with E-state index >= 15 is 0 Å². The Hall–Kier alpha value is -1.59. The molecular weight excluding hydrogens is 240 g/mol. The first kappa shape index (κ1) is 12.4. The van der Waals surface area contributed by atoms with Crippen molar-refractivity contribution in [2.75, 3.05) is 5.73 Å². The van der Waals surface area contributed by atoms with Gasteiger partial charge in [-0.1, -0.05) is 0 Å². The molecule has 1 aromatic rings. The summed E-state index contributed by atoms with van der Waals surface area (Å²) in [4.78, 5) is 23.8. The zero-order valence-corrected chi connectivity index (χ0v) is 7.56. The molecule has 1 radical (unpaired) electrons. The van der Waals surface area contributed by atoms with Gasteiger partial charge in [0.1, 0.15) is 0 Å². The predicted molar refractivity (Wildman–Crippen MR) is 37.3 cm³/mol. The van der Waals surface area contributed by atoms with Gasteiger partial charge in [0.15, 0.2) is 0 Å². The summed E-state index contributed by atoms with van der Waals surface area (Å²) in [6, 6.07) is 2.00. The number of nitrogens with zero attached hydrogens (tertiary/aromatic N) is 1. The molecule has 0 amide bonds. The van der Waals surface area contributed by atoms with Crippen LogP contribution in [0.4, 0.5) is 5.69 Å². The van der Waals surface area contributed by atoms with Gasteiger partial charge in [-0.3, -0.25) is 0 Å². The fourth-order valence-corrected chi connectivity index (χ4v) is 0.761. The van der Waals surface area contributed by atoms with Crippen LogP contribution in [0.5, 0.6) is 0 Å². The summed E-state index contributed by atoms with van der Waals surface area (Å²) in [5.74, 6) is -3.18. The molecule has 0 atom stereocenters. The van der Waals surface area contributed by atoms with Crippen LogP contribution in [0.1, 0.15) is 21.0 Å². The maximum absolute atomic E-state index is 10.3. The second-order valence-electron chi connectivity index (χ2n) is 2.25. The van der Waals surface area contributed by atoms with Crippen LogP contribution in [0.25, 0.3) is 0 Å². The molecule has 0 aliphatic rings. The molecule has 0 unspecified atom stereocenters. The third-order valence-corrected chi connectivity index (χ3v) is 1.27. The Morgan fingerprint density at radius 1 is 1.14 bits per heavy atom. The summed E-state index contributed by atoms with van der Waals surface area (Å²) in [6.07, 6.45) is 0. The number of carboxylic acid groups (broad SMARTS) is 2. The van der Waals surface area contributed by atoms with Crippen LogP contribution in [0.2, 0.25) is 0 Å². The minimum Gasteiger partial charge on any atom is -0.543 e. The van der Waals surface area contributed by atoms with Gasteiger partial charge >= 0.3 is 17.1 Å². The van der Waals surface area contributed by atoms with Gasteiger partial charge in [0, 0.05) is 5.69 Å². The summed E-state index contributed by atoms with van der Waals surface area (Å²) < 4.78 is 0. The van der Waals surface area contributed by atoms with E-state index in [-0.39, 0.29) is 22.8 Å². The van der Waals surface area contributed by atoms with Gasteiger partial charge in [-0.25, -0.2) is 4.98 Å². The average molecular weight is 244 g/mol. The molecule has 1 heterocycles. The van der Waals surface area contributed by atoms with Crippen molar-refractivity contribution in [2.24, 2.45) is 0 Å². The van der Waals surface area contributed by atoms with Crippen molar-refractivity contribution >= 4 is 17.6 Å². The normalized spacial score (nSPS) is 8.86. The Kier molecular flexibility index (Phi) is 4.07. The number of aromatic nitrogens is 1. The van der Waals surface area contributed by atoms with Crippen LogP contribution in [-0.4, -0.2) is 16.9 Å². The van der Waals surface area contributed by atoms with Crippen LogP contribution in [0.3, 0.4) is 0 Å². The number of aromatic carboxylic acids is 2. The molecule has 0 aliphatic heterocycles. The molecule has 1 rings (SSSR count). The number of pyridine rings is 1. The van der Waals surface area contributed by atoms with Crippen molar-refractivity contribution in [1.29, 1.82) is 0 Å². The predicted octanol–water partition coefficient (Wildman–Crippen LogP) is -2.61. The van der Waals surface area contributed by atoms with E-state index in [1.54, 1.807) is 0 Å². The summed E-state index contributed by atoms with van der Waals surface area (Å²) in [5, 5.41) is 20.6. The molecule has 0 saturated heterocycles. The van der Waals surface area contributed by atoms with Gasteiger partial charge in [-0.05, 0) is 12.1 Å². The molecule has 77 valence electrons. The summed E-state index contributed by atoms with van der Waals surface area (Å²) in [7, 11) is 0.